The molecule has 5 rings (SSSR count). The number of hydrogen-bond donors (Lipinski definition) is 1. The standard InChI is InChI=1S/C24H22N4O3S2/c29-21(26-23-25-20(14-32-23)17-7-2-1-3-8-17)15-33-24-28-27-22(31-24)13-30-19-11-10-16-6-4-5-9-18(16)12-19/h1-3,7-8,10-12,14H,4-6,9,13,15H2,(H,25,26,29). The Bertz CT molecular complexity index is 1240. The number of thioether (sulfide) groups is 1. The van der Waals surface area contributed by atoms with Gasteiger partial charge < -0.3 is 14.5 Å². The van der Waals surface area contributed by atoms with Crippen molar-refractivity contribution in [3.63, 3.8) is 0 Å². The van der Waals surface area contributed by atoms with E-state index in [4.69, 9.17) is 9.15 Å². The number of anilines is 1. The summed E-state index contributed by atoms with van der Waals surface area (Å²) in [6.07, 6.45) is 4.73. The number of aryl methyl sites for hydroxylation is 2. The van der Waals surface area contributed by atoms with E-state index in [0.717, 1.165) is 29.8 Å². The highest BCUT2D eigenvalue weighted by molar-refractivity contribution is 7.99. The summed E-state index contributed by atoms with van der Waals surface area (Å²) < 4.78 is 11.4. The van der Waals surface area contributed by atoms with Gasteiger partial charge in [-0.2, -0.15) is 0 Å². The highest BCUT2D eigenvalue weighted by Gasteiger charge is 2.14. The number of carbonyl (C=O) groups excluding carboxylic acids is 1. The van der Waals surface area contributed by atoms with Gasteiger partial charge in [0.25, 0.3) is 11.1 Å². The SMILES string of the molecule is O=C(CSc1nnc(COc2ccc3c(c2)CCCC3)o1)Nc1nc(-c2ccccc2)cs1. The van der Waals surface area contributed by atoms with Crippen LogP contribution < -0.4 is 10.1 Å². The number of aromatic nitrogens is 3. The van der Waals surface area contributed by atoms with Crippen LogP contribution in [0.15, 0.2) is 63.6 Å². The van der Waals surface area contributed by atoms with E-state index < -0.39 is 0 Å². The number of hydrogen-bond acceptors (Lipinski definition) is 8. The van der Waals surface area contributed by atoms with Crippen molar-refractivity contribution < 1.29 is 13.9 Å². The van der Waals surface area contributed by atoms with Crippen LogP contribution in [0.2, 0.25) is 0 Å². The molecular formula is C24H22N4O3S2. The van der Waals surface area contributed by atoms with E-state index in [-0.39, 0.29) is 18.3 Å². The molecule has 168 valence electrons. The fourth-order valence-electron chi connectivity index (χ4n) is 3.65. The van der Waals surface area contributed by atoms with Crippen molar-refractivity contribution in [2.75, 3.05) is 11.1 Å². The Morgan fingerprint density at radius 1 is 1.09 bits per heavy atom. The van der Waals surface area contributed by atoms with Crippen molar-refractivity contribution in [1.82, 2.24) is 15.2 Å². The lowest BCUT2D eigenvalue weighted by molar-refractivity contribution is -0.113. The third-order valence-corrected chi connectivity index (χ3v) is 6.85. The highest BCUT2D eigenvalue weighted by atomic mass is 32.2. The number of thiazole rings is 1. The van der Waals surface area contributed by atoms with Gasteiger partial charge in [-0.25, -0.2) is 4.98 Å². The molecule has 0 bridgehead atoms. The molecule has 0 fully saturated rings. The van der Waals surface area contributed by atoms with E-state index >= 15 is 0 Å². The van der Waals surface area contributed by atoms with Gasteiger partial charge in [0.1, 0.15) is 5.75 Å². The smallest absolute Gasteiger partial charge is 0.277 e. The Morgan fingerprint density at radius 2 is 1.94 bits per heavy atom. The number of fused-ring (bicyclic) bond motifs is 1. The Kier molecular flexibility index (Phi) is 6.68. The third-order valence-electron chi connectivity index (χ3n) is 5.28. The molecule has 1 N–H and O–H groups in total. The molecule has 2 heterocycles. The summed E-state index contributed by atoms with van der Waals surface area (Å²) in [7, 11) is 0. The number of rotatable bonds is 8. The predicted molar refractivity (Wildman–Crippen MR) is 129 cm³/mol. The molecule has 0 atom stereocenters. The van der Waals surface area contributed by atoms with Crippen molar-refractivity contribution in [3.8, 4) is 17.0 Å². The minimum atomic E-state index is -0.181. The van der Waals surface area contributed by atoms with Gasteiger partial charge in [-0.15, -0.1) is 21.5 Å². The topological polar surface area (TPSA) is 90.1 Å². The van der Waals surface area contributed by atoms with Crippen LogP contribution in [0, 0.1) is 0 Å². The summed E-state index contributed by atoms with van der Waals surface area (Å²) in [5.74, 6) is 1.15. The van der Waals surface area contributed by atoms with Gasteiger partial charge in [0, 0.05) is 10.9 Å². The second kappa shape index (κ2) is 10.2. The normalized spacial score (nSPS) is 12.8. The van der Waals surface area contributed by atoms with Crippen LogP contribution in [0.1, 0.15) is 29.9 Å². The molecule has 0 saturated heterocycles. The molecule has 1 aliphatic carbocycles. The van der Waals surface area contributed by atoms with Crippen molar-refractivity contribution >= 4 is 34.1 Å². The summed E-state index contributed by atoms with van der Waals surface area (Å²) in [5, 5.41) is 13.6. The average Bonchev–Trinajstić information content (AvgIpc) is 3.51. The number of nitrogens with one attached hydrogen (secondary N) is 1. The minimum absolute atomic E-state index is 0.146. The Hall–Kier alpha value is -3.17. The van der Waals surface area contributed by atoms with Crippen molar-refractivity contribution in [1.29, 1.82) is 0 Å². The van der Waals surface area contributed by atoms with Gasteiger partial charge in [-0.1, -0.05) is 48.2 Å². The van der Waals surface area contributed by atoms with E-state index in [1.165, 1.54) is 47.1 Å². The number of amides is 1. The highest BCUT2D eigenvalue weighted by Crippen LogP contribution is 2.27. The first-order valence-electron chi connectivity index (χ1n) is 10.7. The molecule has 0 unspecified atom stereocenters. The third kappa shape index (κ3) is 5.61. The lowest BCUT2D eigenvalue weighted by atomic mass is 9.92. The summed E-state index contributed by atoms with van der Waals surface area (Å²) in [6.45, 7) is 0.194. The average molecular weight is 479 g/mol. The molecule has 0 spiro atoms. The number of nitrogens with zero attached hydrogens (tertiary/aromatic N) is 3. The van der Waals surface area contributed by atoms with Gasteiger partial charge in [0.05, 0.1) is 11.4 Å². The fourth-order valence-corrected chi connectivity index (χ4v) is 4.97. The zero-order valence-electron chi connectivity index (χ0n) is 17.8. The van der Waals surface area contributed by atoms with Crippen molar-refractivity contribution in [3.05, 3.63) is 70.9 Å². The van der Waals surface area contributed by atoms with Crippen LogP contribution in [0.4, 0.5) is 5.13 Å². The number of benzene rings is 2. The summed E-state index contributed by atoms with van der Waals surface area (Å²) in [6, 6.07) is 16.1. The Morgan fingerprint density at radius 3 is 2.82 bits per heavy atom. The molecule has 9 heteroatoms. The van der Waals surface area contributed by atoms with E-state index in [1.807, 2.05) is 41.8 Å². The van der Waals surface area contributed by atoms with E-state index in [1.54, 1.807) is 0 Å². The van der Waals surface area contributed by atoms with E-state index in [2.05, 4.69) is 32.6 Å². The Balaban J connectivity index is 1.09. The fraction of sp³-hybridized carbons (Fsp3) is 0.250. The molecule has 1 aliphatic rings. The molecule has 0 aliphatic heterocycles. The van der Waals surface area contributed by atoms with Gasteiger partial charge in [0.15, 0.2) is 11.7 Å². The van der Waals surface area contributed by atoms with Crippen LogP contribution >= 0.6 is 23.1 Å². The molecule has 33 heavy (non-hydrogen) atoms. The summed E-state index contributed by atoms with van der Waals surface area (Å²) in [4.78, 5) is 16.8. The lowest BCUT2D eigenvalue weighted by Crippen LogP contribution is -2.13. The maximum atomic E-state index is 12.3. The monoisotopic (exact) mass is 478 g/mol. The largest absolute Gasteiger partial charge is 0.484 e. The Labute approximate surface area is 199 Å². The zero-order chi connectivity index (χ0) is 22.5. The van der Waals surface area contributed by atoms with Crippen LogP contribution in [-0.4, -0.2) is 26.8 Å². The maximum Gasteiger partial charge on any atom is 0.277 e. The molecule has 0 saturated carbocycles. The molecule has 7 nitrogen and oxygen atoms in total. The van der Waals surface area contributed by atoms with Gasteiger partial charge in [-0.05, 0) is 48.9 Å². The van der Waals surface area contributed by atoms with Crippen molar-refractivity contribution in [2.24, 2.45) is 0 Å². The first kappa shape index (κ1) is 21.7. The first-order chi connectivity index (χ1) is 16.2. The zero-order valence-corrected chi connectivity index (χ0v) is 19.5. The summed E-state index contributed by atoms with van der Waals surface area (Å²) >= 11 is 2.57. The van der Waals surface area contributed by atoms with Gasteiger partial charge in [-0.3, -0.25) is 4.79 Å². The molecule has 4 aromatic rings. The van der Waals surface area contributed by atoms with Crippen LogP contribution in [0.25, 0.3) is 11.3 Å². The lowest BCUT2D eigenvalue weighted by Gasteiger charge is -2.16. The number of ether oxygens (including phenoxy) is 1. The van der Waals surface area contributed by atoms with Gasteiger partial charge >= 0.3 is 0 Å². The molecule has 2 aromatic heterocycles. The molecular weight excluding hydrogens is 456 g/mol. The second-order valence-electron chi connectivity index (χ2n) is 7.63. The van der Waals surface area contributed by atoms with Crippen LogP contribution in [0.5, 0.6) is 5.75 Å². The quantitative estimate of drug-likeness (QED) is 0.340. The van der Waals surface area contributed by atoms with E-state index in [9.17, 15) is 4.79 Å². The predicted octanol–water partition coefficient (Wildman–Crippen LogP) is 5.38. The summed E-state index contributed by atoms with van der Waals surface area (Å²) in [5.41, 5.74) is 4.63. The minimum Gasteiger partial charge on any atom is -0.484 e. The van der Waals surface area contributed by atoms with Gasteiger partial charge in [0.2, 0.25) is 5.91 Å². The number of carbonyl (C=O) groups is 1. The van der Waals surface area contributed by atoms with Crippen LogP contribution in [-0.2, 0) is 24.2 Å². The molecule has 0 radical (unpaired) electrons. The van der Waals surface area contributed by atoms with Crippen molar-refractivity contribution in [2.45, 2.75) is 37.5 Å². The van der Waals surface area contributed by atoms with E-state index in [0.29, 0.717) is 16.2 Å². The van der Waals surface area contributed by atoms with Crippen LogP contribution in [0.3, 0.4) is 0 Å². The maximum absolute atomic E-state index is 12.3. The molecule has 2 aromatic carbocycles. The molecule has 1 amide bonds. The first-order valence-corrected chi connectivity index (χ1v) is 12.6. The second-order valence-corrected chi connectivity index (χ2v) is 9.41.